The van der Waals surface area contributed by atoms with Crippen molar-refractivity contribution in [1.29, 1.82) is 0 Å². The molecule has 0 spiro atoms. The van der Waals surface area contributed by atoms with E-state index in [0.29, 0.717) is 19.1 Å². The Morgan fingerprint density at radius 3 is 2.93 bits per heavy atom. The van der Waals surface area contributed by atoms with E-state index in [1.165, 1.54) is 0 Å². The number of hydrogen-bond acceptors (Lipinski definition) is 3. The average molecular weight is 213 g/mol. The first kappa shape index (κ1) is 10.1. The van der Waals surface area contributed by atoms with Crippen LogP contribution in [-0.4, -0.2) is 22.1 Å². The summed E-state index contributed by atoms with van der Waals surface area (Å²) in [6.45, 7) is 0.971. The van der Waals surface area contributed by atoms with Crippen molar-refractivity contribution in [1.82, 2.24) is 14.9 Å². The van der Waals surface area contributed by atoms with Gasteiger partial charge in [-0.25, -0.2) is 4.79 Å². The molecular formula is C9H12FN3O2. The molecule has 0 saturated heterocycles. The van der Waals surface area contributed by atoms with Crippen LogP contribution in [0.3, 0.4) is 0 Å². The molecule has 1 heterocycles. The van der Waals surface area contributed by atoms with E-state index in [1.54, 1.807) is 0 Å². The molecule has 1 aliphatic rings. The van der Waals surface area contributed by atoms with Gasteiger partial charge in [-0.3, -0.25) is 14.3 Å². The summed E-state index contributed by atoms with van der Waals surface area (Å²) >= 11 is 0. The summed E-state index contributed by atoms with van der Waals surface area (Å²) in [4.78, 5) is 23.8. The molecule has 6 heteroatoms. The summed E-state index contributed by atoms with van der Waals surface area (Å²) in [6, 6.07) is 0.549. The van der Waals surface area contributed by atoms with Crippen molar-refractivity contribution in [3.8, 4) is 0 Å². The van der Waals surface area contributed by atoms with Crippen LogP contribution in [0.15, 0.2) is 15.8 Å². The molecule has 1 saturated carbocycles. The van der Waals surface area contributed by atoms with Gasteiger partial charge in [-0.1, -0.05) is 0 Å². The van der Waals surface area contributed by atoms with Crippen LogP contribution in [0.1, 0.15) is 12.8 Å². The van der Waals surface area contributed by atoms with Gasteiger partial charge in [0.25, 0.3) is 5.56 Å². The Morgan fingerprint density at radius 1 is 1.53 bits per heavy atom. The number of nitrogens with zero attached hydrogens (tertiary/aromatic N) is 1. The van der Waals surface area contributed by atoms with E-state index in [9.17, 15) is 14.0 Å². The van der Waals surface area contributed by atoms with Crippen LogP contribution < -0.4 is 16.6 Å². The first-order chi connectivity index (χ1) is 7.16. The minimum Gasteiger partial charge on any atom is -0.312 e. The number of aromatic nitrogens is 2. The number of hydrogen-bond donors (Lipinski definition) is 2. The molecule has 0 amide bonds. The zero-order valence-electron chi connectivity index (χ0n) is 8.12. The molecule has 0 bridgehead atoms. The lowest BCUT2D eigenvalue weighted by Gasteiger charge is -2.05. The van der Waals surface area contributed by atoms with Gasteiger partial charge in [-0.2, -0.15) is 4.39 Å². The van der Waals surface area contributed by atoms with Crippen molar-refractivity contribution in [2.75, 3.05) is 6.54 Å². The number of halogens is 1. The van der Waals surface area contributed by atoms with Crippen molar-refractivity contribution in [2.45, 2.75) is 25.4 Å². The summed E-state index contributed by atoms with van der Waals surface area (Å²) in [6.07, 6.45) is 3.26. The molecule has 2 rings (SSSR count). The van der Waals surface area contributed by atoms with Gasteiger partial charge in [0, 0.05) is 19.1 Å². The van der Waals surface area contributed by atoms with E-state index in [1.807, 2.05) is 4.98 Å². The molecule has 0 aliphatic heterocycles. The SMILES string of the molecule is O=c1[nH]c(=O)n(CCNC2CC2)cc1F. The predicted molar refractivity (Wildman–Crippen MR) is 52.3 cm³/mol. The fraction of sp³-hybridized carbons (Fsp3) is 0.556. The second-order valence-corrected chi connectivity index (χ2v) is 3.66. The summed E-state index contributed by atoms with van der Waals surface area (Å²) in [5.74, 6) is -0.930. The van der Waals surface area contributed by atoms with E-state index in [0.717, 1.165) is 23.6 Å². The maximum Gasteiger partial charge on any atom is 0.328 e. The minimum atomic E-state index is -0.966. The highest BCUT2D eigenvalue weighted by atomic mass is 19.1. The van der Waals surface area contributed by atoms with Gasteiger partial charge in [0.05, 0.1) is 6.20 Å². The van der Waals surface area contributed by atoms with Gasteiger partial charge in [-0.05, 0) is 12.8 Å². The fourth-order valence-electron chi connectivity index (χ4n) is 1.33. The highest BCUT2D eigenvalue weighted by molar-refractivity contribution is 4.87. The quantitative estimate of drug-likeness (QED) is 0.703. The lowest BCUT2D eigenvalue weighted by Crippen LogP contribution is -2.34. The Balaban J connectivity index is 2.03. The standard InChI is InChI=1S/C9H12FN3O2/c10-7-5-13(9(15)12-8(7)14)4-3-11-6-1-2-6/h5-6,11H,1-4H2,(H,12,14,15). The van der Waals surface area contributed by atoms with Crippen LogP contribution >= 0.6 is 0 Å². The van der Waals surface area contributed by atoms with Gasteiger partial charge in [0.15, 0.2) is 0 Å². The summed E-state index contributed by atoms with van der Waals surface area (Å²) in [5.41, 5.74) is -1.54. The average Bonchev–Trinajstić information content (AvgIpc) is 2.97. The maximum absolute atomic E-state index is 12.8. The van der Waals surface area contributed by atoms with Gasteiger partial charge in [-0.15, -0.1) is 0 Å². The topological polar surface area (TPSA) is 66.9 Å². The molecule has 0 radical (unpaired) electrons. The fourth-order valence-corrected chi connectivity index (χ4v) is 1.33. The Bertz CT molecular complexity index is 461. The largest absolute Gasteiger partial charge is 0.328 e. The van der Waals surface area contributed by atoms with Crippen molar-refractivity contribution in [3.63, 3.8) is 0 Å². The third-order valence-corrected chi connectivity index (χ3v) is 2.33. The highest BCUT2D eigenvalue weighted by Crippen LogP contribution is 2.17. The third-order valence-electron chi connectivity index (χ3n) is 2.33. The molecule has 0 unspecified atom stereocenters. The summed E-state index contributed by atoms with van der Waals surface area (Å²) in [5, 5.41) is 3.19. The highest BCUT2D eigenvalue weighted by Gasteiger charge is 2.19. The zero-order chi connectivity index (χ0) is 10.8. The molecule has 1 aromatic heterocycles. The van der Waals surface area contributed by atoms with Crippen molar-refractivity contribution in [3.05, 3.63) is 32.9 Å². The minimum absolute atomic E-state index is 0.364. The van der Waals surface area contributed by atoms with Crippen LogP contribution in [0, 0.1) is 5.82 Å². The molecular weight excluding hydrogens is 201 g/mol. The van der Waals surface area contributed by atoms with E-state index < -0.39 is 17.1 Å². The third kappa shape index (κ3) is 2.53. The zero-order valence-corrected chi connectivity index (χ0v) is 8.12. The van der Waals surface area contributed by atoms with Crippen molar-refractivity contribution < 1.29 is 4.39 Å². The van der Waals surface area contributed by atoms with Gasteiger partial charge >= 0.3 is 5.69 Å². The van der Waals surface area contributed by atoms with Crippen LogP contribution in [0.25, 0.3) is 0 Å². The predicted octanol–water partition coefficient (Wildman–Crippen LogP) is -0.572. The number of rotatable bonds is 4. The first-order valence-corrected chi connectivity index (χ1v) is 4.89. The molecule has 0 aromatic carbocycles. The molecule has 82 valence electrons. The molecule has 5 nitrogen and oxygen atoms in total. The van der Waals surface area contributed by atoms with Crippen LogP contribution in [0.2, 0.25) is 0 Å². The van der Waals surface area contributed by atoms with Crippen LogP contribution in [0.5, 0.6) is 0 Å². The molecule has 2 N–H and O–H groups in total. The molecule has 1 aliphatic carbocycles. The van der Waals surface area contributed by atoms with Crippen LogP contribution in [-0.2, 0) is 6.54 Å². The molecule has 1 aromatic rings. The van der Waals surface area contributed by atoms with Gasteiger partial charge in [0.2, 0.25) is 5.82 Å². The van der Waals surface area contributed by atoms with E-state index in [4.69, 9.17) is 0 Å². The second-order valence-electron chi connectivity index (χ2n) is 3.66. The first-order valence-electron chi connectivity index (χ1n) is 4.89. The lowest BCUT2D eigenvalue weighted by molar-refractivity contribution is 0.529. The van der Waals surface area contributed by atoms with Gasteiger partial charge < -0.3 is 5.32 Å². The van der Waals surface area contributed by atoms with E-state index >= 15 is 0 Å². The molecule has 15 heavy (non-hydrogen) atoms. The van der Waals surface area contributed by atoms with E-state index in [2.05, 4.69) is 5.32 Å². The Labute approximate surface area is 84.9 Å². The number of nitrogens with one attached hydrogen (secondary N) is 2. The van der Waals surface area contributed by atoms with Gasteiger partial charge in [0.1, 0.15) is 0 Å². The van der Waals surface area contributed by atoms with Crippen LogP contribution in [0.4, 0.5) is 4.39 Å². The summed E-state index contributed by atoms with van der Waals surface area (Å²) < 4.78 is 14.0. The molecule has 0 atom stereocenters. The lowest BCUT2D eigenvalue weighted by atomic mass is 10.5. The van der Waals surface area contributed by atoms with E-state index in [-0.39, 0.29) is 0 Å². The molecule has 1 fully saturated rings. The second kappa shape index (κ2) is 3.98. The smallest absolute Gasteiger partial charge is 0.312 e. The van der Waals surface area contributed by atoms with Crippen molar-refractivity contribution in [2.24, 2.45) is 0 Å². The number of H-pyrrole nitrogens is 1. The Kier molecular flexibility index (Phi) is 2.68. The van der Waals surface area contributed by atoms with Crippen molar-refractivity contribution >= 4 is 0 Å². The Morgan fingerprint density at radius 2 is 2.27 bits per heavy atom. The summed E-state index contributed by atoms with van der Waals surface area (Å²) in [7, 11) is 0. The normalized spacial score (nSPS) is 15.5. The Hall–Kier alpha value is -1.43. The number of aromatic amines is 1. The monoisotopic (exact) mass is 213 g/mol. The maximum atomic E-state index is 12.8.